The van der Waals surface area contributed by atoms with Gasteiger partial charge in [0.2, 0.25) is 0 Å². The molecule has 1 N–H and O–H groups in total. The van der Waals surface area contributed by atoms with Gasteiger partial charge < -0.3 is 10.1 Å². The van der Waals surface area contributed by atoms with Crippen molar-refractivity contribution in [3.63, 3.8) is 0 Å². The first-order valence-electron chi connectivity index (χ1n) is 7.10. The van der Waals surface area contributed by atoms with Crippen molar-refractivity contribution >= 4 is 0 Å². The smallest absolute Gasteiger partial charge is 0.0593 e. The minimum absolute atomic E-state index is 0.225. The largest absolute Gasteiger partial charge is 0.380 e. The molecule has 0 radical (unpaired) electrons. The third kappa shape index (κ3) is 6.39. The third-order valence-corrected chi connectivity index (χ3v) is 3.34. The van der Waals surface area contributed by atoms with Gasteiger partial charge in [0.15, 0.2) is 0 Å². The van der Waals surface area contributed by atoms with Crippen LogP contribution in [0.2, 0.25) is 0 Å². The van der Waals surface area contributed by atoms with Crippen molar-refractivity contribution in [1.82, 2.24) is 10.2 Å². The van der Waals surface area contributed by atoms with Gasteiger partial charge in [-0.1, -0.05) is 6.42 Å². The summed E-state index contributed by atoms with van der Waals surface area (Å²) in [7, 11) is 0. The fourth-order valence-electron chi connectivity index (χ4n) is 2.34. The average Bonchev–Trinajstić information content (AvgIpc) is 2.27. The Kier molecular flexibility index (Phi) is 6.45. The lowest BCUT2D eigenvalue weighted by molar-refractivity contribution is 0.0749. The number of nitrogens with zero attached hydrogens (tertiary/aromatic N) is 1. The fourth-order valence-corrected chi connectivity index (χ4v) is 2.34. The number of likely N-dealkylation sites (tertiary alicyclic amines) is 1. The highest BCUT2D eigenvalue weighted by Gasteiger charge is 2.23. The van der Waals surface area contributed by atoms with Gasteiger partial charge in [-0.15, -0.1) is 0 Å². The normalized spacial score (nSPS) is 22.9. The molecular weight excluding hydrogens is 212 g/mol. The van der Waals surface area contributed by atoms with Crippen molar-refractivity contribution in [2.24, 2.45) is 0 Å². The molecule has 1 fully saturated rings. The second kappa shape index (κ2) is 7.34. The molecule has 1 unspecified atom stereocenters. The predicted octanol–water partition coefficient (Wildman–Crippen LogP) is 2.27. The van der Waals surface area contributed by atoms with E-state index in [0.717, 1.165) is 26.3 Å². The van der Waals surface area contributed by atoms with Crippen LogP contribution < -0.4 is 5.32 Å². The van der Waals surface area contributed by atoms with Crippen LogP contribution in [0.5, 0.6) is 0 Å². The van der Waals surface area contributed by atoms with E-state index in [9.17, 15) is 0 Å². The van der Waals surface area contributed by atoms with Crippen LogP contribution in [0.4, 0.5) is 0 Å². The summed E-state index contributed by atoms with van der Waals surface area (Å²) in [5.41, 5.74) is 0.225. The van der Waals surface area contributed by atoms with Crippen molar-refractivity contribution in [2.45, 2.75) is 58.5 Å². The monoisotopic (exact) mass is 242 g/mol. The lowest BCUT2D eigenvalue weighted by Crippen LogP contribution is -2.50. The van der Waals surface area contributed by atoms with Crippen LogP contribution in [-0.4, -0.2) is 49.3 Å². The highest BCUT2D eigenvalue weighted by atomic mass is 16.5. The van der Waals surface area contributed by atoms with Crippen LogP contribution in [0.1, 0.15) is 47.0 Å². The maximum absolute atomic E-state index is 5.47. The van der Waals surface area contributed by atoms with Gasteiger partial charge in [-0.2, -0.15) is 0 Å². The van der Waals surface area contributed by atoms with E-state index in [-0.39, 0.29) is 5.54 Å². The lowest BCUT2D eigenvalue weighted by Gasteiger charge is -2.37. The van der Waals surface area contributed by atoms with E-state index >= 15 is 0 Å². The van der Waals surface area contributed by atoms with Gasteiger partial charge in [0, 0.05) is 31.3 Å². The first-order valence-corrected chi connectivity index (χ1v) is 7.10. The van der Waals surface area contributed by atoms with E-state index in [2.05, 4.69) is 37.9 Å². The molecule has 0 aliphatic carbocycles. The summed E-state index contributed by atoms with van der Waals surface area (Å²) < 4.78 is 5.47. The van der Waals surface area contributed by atoms with E-state index in [1.165, 1.54) is 25.8 Å². The number of rotatable bonds is 6. The summed E-state index contributed by atoms with van der Waals surface area (Å²) in [6.07, 6.45) is 4.05. The number of nitrogens with one attached hydrogen (secondary N) is 1. The molecule has 1 atom stereocenters. The Morgan fingerprint density at radius 3 is 2.71 bits per heavy atom. The van der Waals surface area contributed by atoms with Crippen LogP contribution >= 0.6 is 0 Å². The summed E-state index contributed by atoms with van der Waals surface area (Å²) in [6, 6.07) is 0.698. The molecule has 0 aromatic rings. The van der Waals surface area contributed by atoms with Crippen LogP contribution in [0.3, 0.4) is 0 Å². The zero-order chi connectivity index (χ0) is 12.7. The predicted molar refractivity (Wildman–Crippen MR) is 73.5 cm³/mol. The van der Waals surface area contributed by atoms with Crippen molar-refractivity contribution < 1.29 is 4.74 Å². The van der Waals surface area contributed by atoms with Gasteiger partial charge >= 0.3 is 0 Å². The molecule has 1 rings (SSSR count). The van der Waals surface area contributed by atoms with Crippen molar-refractivity contribution in [3.8, 4) is 0 Å². The highest BCUT2D eigenvalue weighted by molar-refractivity contribution is 4.82. The molecule has 0 aromatic carbocycles. The highest BCUT2D eigenvalue weighted by Crippen LogP contribution is 2.16. The van der Waals surface area contributed by atoms with Gasteiger partial charge in [0.1, 0.15) is 0 Å². The Hall–Kier alpha value is -0.120. The second-order valence-corrected chi connectivity index (χ2v) is 6.01. The van der Waals surface area contributed by atoms with E-state index in [1.807, 2.05) is 0 Å². The Labute approximate surface area is 107 Å². The summed E-state index contributed by atoms with van der Waals surface area (Å²) >= 11 is 0. The zero-order valence-corrected chi connectivity index (χ0v) is 12.1. The topological polar surface area (TPSA) is 24.5 Å². The van der Waals surface area contributed by atoms with E-state index in [1.54, 1.807) is 0 Å². The van der Waals surface area contributed by atoms with Crippen molar-refractivity contribution in [3.05, 3.63) is 0 Å². The van der Waals surface area contributed by atoms with E-state index in [0.29, 0.717) is 6.04 Å². The fraction of sp³-hybridized carbons (Fsp3) is 1.00. The van der Waals surface area contributed by atoms with E-state index < -0.39 is 0 Å². The molecule has 3 nitrogen and oxygen atoms in total. The second-order valence-electron chi connectivity index (χ2n) is 6.01. The molecule has 17 heavy (non-hydrogen) atoms. The quantitative estimate of drug-likeness (QED) is 0.723. The molecular formula is C14H30N2O. The third-order valence-electron chi connectivity index (χ3n) is 3.34. The molecule has 1 aliphatic rings. The van der Waals surface area contributed by atoms with Gasteiger partial charge in [0.25, 0.3) is 0 Å². The van der Waals surface area contributed by atoms with Crippen molar-refractivity contribution in [2.75, 3.05) is 32.8 Å². The standard InChI is InChI=1S/C14H30N2O/c1-5-17-11-10-16-9-7-6-8-13(16)12-15-14(2,3)4/h13,15H,5-12H2,1-4H3. The van der Waals surface area contributed by atoms with Gasteiger partial charge in [0.05, 0.1) is 6.61 Å². The molecule has 0 bridgehead atoms. The molecule has 1 heterocycles. The van der Waals surface area contributed by atoms with E-state index in [4.69, 9.17) is 4.74 Å². The summed E-state index contributed by atoms with van der Waals surface area (Å²) in [6.45, 7) is 13.9. The Balaban J connectivity index is 2.31. The number of hydrogen-bond acceptors (Lipinski definition) is 3. The van der Waals surface area contributed by atoms with Crippen LogP contribution in [0.25, 0.3) is 0 Å². The maximum atomic E-state index is 5.47. The molecule has 0 aromatic heterocycles. The summed E-state index contributed by atoms with van der Waals surface area (Å²) in [5.74, 6) is 0. The minimum Gasteiger partial charge on any atom is -0.380 e. The summed E-state index contributed by atoms with van der Waals surface area (Å²) in [4.78, 5) is 2.60. The first kappa shape index (κ1) is 14.9. The molecule has 0 saturated carbocycles. The Morgan fingerprint density at radius 1 is 1.29 bits per heavy atom. The molecule has 0 spiro atoms. The number of piperidine rings is 1. The average molecular weight is 242 g/mol. The molecule has 1 saturated heterocycles. The van der Waals surface area contributed by atoms with Gasteiger partial charge in [-0.3, -0.25) is 4.90 Å². The first-order chi connectivity index (χ1) is 8.03. The van der Waals surface area contributed by atoms with Crippen LogP contribution in [0, 0.1) is 0 Å². The van der Waals surface area contributed by atoms with Crippen LogP contribution in [-0.2, 0) is 4.74 Å². The molecule has 1 aliphatic heterocycles. The van der Waals surface area contributed by atoms with Gasteiger partial charge in [-0.25, -0.2) is 0 Å². The molecule has 102 valence electrons. The number of hydrogen-bond donors (Lipinski definition) is 1. The van der Waals surface area contributed by atoms with Crippen molar-refractivity contribution in [1.29, 1.82) is 0 Å². The summed E-state index contributed by atoms with van der Waals surface area (Å²) in [5, 5.41) is 3.63. The minimum atomic E-state index is 0.225. The molecule has 3 heteroatoms. The lowest BCUT2D eigenvalue weighted by atomic mass is 10.0. The SMILES string of the molecule is CCOCCN1CCCCC1CNC(C)(C)C. The zero-order valence-electron chi connectivity index (χ0n) is 12.1. The number of ether oxygens (including phenoxy) is 1. The Morgan fingerprint density at radius 2 is 2.06 bits per heavy atom. The maximum Gasteiger partial charge on any atom is 0.0593 e. The molecule has 0 amide bonds. The van der Waals surface area contributed by atoms with Crippen LogP contribution in [0.15, 0.2) is 0 Å². The van der Waals surface area contributed by atoms with Gasteiger partial charge in [-0.05, 0) is 47.1 Å². The Bertz CT molecular complexity index is 201.